The van der Waals surface area contributed by atoms with Crippen molar-refractivity contribution in [2.24, 2.45) is 0 Å². The normalized spacial score (nSPS) is 19.0. The fourth-order valence-electron chi connectivity index (χ4n) is 2.42. The molecule has 1 N–H and O–H groups in total. The van der Waals surface area contributed by atoms with E-state index in [1.165, 1.54) is 16.7 Å². The minimum absolute atomic E-state index is 0.0106. The molecule has 132 valence electrons. The number of nitrogens with zero attached hydrogens (tertiary/aromatic N) is 1. The van der Waals surface area contributed by atoms with Gasteiger partial charge in [-0.2, -0.15) is 0 Å². The molecular formula is C16H22N2O4S2. The highest BCUT2D eigenvalue weighted by molar-refractivity contribution is 8.02. The van der Waals surface area contributed by atoms with Crippen LogP contribution in [0.4, 0.5) is 5.69 Å². The van der Waals surface area contributed by atoms with Gasteiger partial charge < -0.3 is 10.2 Å². The van der Waals surface area contributed by atoms with Crippen LogP contribution in [0.5, 0.6) is 0 Å². The summed E-state index contributed by atoms with van der Waals surface area (Å²) in [5.41, 5.74) is 1.98. The second-order valence-corrected chi connectivity index (χ2v) is 9.63. The van der Waals surface area contributed by atoms with Gasteiger partial charge in [-0.05, 0) is 31.0 Å². The van der Waals surface area contributed by atoms with Crippen LogP contribution < -0.4 is 5.32 Å². The largest absolute Gasteiger partial charge is 0.345 e. The van der Waals surface area contributed by atoms with Crippen molar-refractivity contribution in [3.63, 3.8) is 0 Å². The molecule has 0 bridgehead atoms. The summed E-state index contributed by atoms with van der Waals surface area (Å²) < 4.78 is 22.9. The van der Waals surface area contributed by atoms with Gasteiger partial charge in [-0.1, -0.05) is 6.07 Å². The van der Waals surface area contributed by atoms with E-state index in [0.29, 0.717) is 17.7 Å². The quantitative estimate of drug-likeness (QED) is 0.850. The molecule has 1 unspecified atom stereocenters. The second-order valence-electron chi connectivity index (χ2n) is 6.11. The minimum Gasteiger partial charge on any atom is -0.345 e. The van der Waals surface area contributed by atoms with Crippen LogP contribution in [0.25, 0.3) is 0 Å². The summed E-state index contributed by atoms with van der Waals surface area (Å²) >= 11 is 1.37. The molecule has 0 saturated carbocycles. The van der Waals surface area contributed by atoms with Gasteiger partial charge in [0, 0.05) is 30.6 Å². The molecule has 0 aromatic heterocycles. The van der Waals surface area contributed by atoms with Crippen LogP contribution >= 0.6 is 11.8 Å². The number of rotatable bonds is 5. The van der Waals surface area contributed by atoms with Crippen LogP contribution in [0.2, 0.25) is 0 Å². The first kappa shape index (κ1) is 18.8. The molecule has 24 heavy (non-hydrogen) atoms. The molecule has 1 aromatic rings. The van der Waals surface area contributed by atoms with E-state index in [-0.39, 0.29) is 34.3 Å². The third-order valence-electron chi connectivity index (χ3n) is 3.81. The Labute approximate surface area is 146 Å². The average molecular weight is 370 g/mol. The number of benzene rings is 1. The number of anilines is 1. The van der Waals surface area contributed by atoms with E-state index in [2.05, 4.69) is 5.32 Å². The number of carbonyl (C=O) groups is 2. The molecule has 1 saturated heterocycles. The van der Waals surface area contributed by atoms with Crippen molar-refractivity contribution in [2.75, 3.05) is 36.7 Å². The predicted octanol–water partition coefficient (Wildman–Crippen LogP) is 1.56. The summed E-state index contributed by atoms with van der Waals surface area (Å²) in [5.74, 6) is 0.236. The van der Waals surface area contributed by atoms with Crippen LogP contribution in [-0.4, -0.2) is 61.7 Å². The van der Waals surface area contributed by atoms with Gasteiger partial charge in [0.25, 0.3) is 5.91 Å². The van der Waals surface area contributed by atoms with Gasteiger partial charge in [0.05, 0.1) is 17.3 Å². The summed E-state index contributed by atoms with van der Waals surface area (Å²) in [6, 6.07) is 5.19. The van der Waals surface area contributed by atoms with Crippen LogP contribution in [0.15, 0.2) is 18.2 Å². The number of hydrogen-bond acceptors (Lipinski definition) is 5. The van der Waals surface area contributed by atoms with Gasteiger partial charge in [-0.25, -0.2) is 8.42 Å². The summed E-state index contributed by atoms with van der Waals surface area (Å²) in [4.78, 5) is 25.6. The zero-order valence-electron chi connectivity index (χ0n) is 14.0. The molecule has 0 aliphatic carbocycles. The number of sulfone groups is 1. The first-order chi connectivity index (χ1) is 11.2. The lowest BCUT2D eigenvalue weighted by molar-refractivity contribution is -0.113. The van der Waals surface area contributed by atoms with Crippen molar-refractivity contribution in [3.8, 4) is 0 Å². The summed E-state index contributed by atoms with van der Waals surface area (Å²) in [6.07, 6.45) is 0.603. The predicted molar refractivity (Wildman–Crippen MR) is 97.3 cm³/mol. The molecule has 1 heterocycles. The molecule has 2 rings (SSSR count). The lowest BCUT2D eigenvalue weighted by Crippen LogP contribution is -2.22. The van der Waals surface area contributed by atoms with Gasteiger partial charge in [0.2, 0.25) is 5.91 Å². The Morgan fingerprint density at radius 3 is 2.62 bits per heavy atom. The van der Waals surface area contributed by atoms with Crippen molar-refractivity contribution in [3.05, 3.63) is 29.3 Å². The molecule has 0 spiro atoms. The highest BCUT2D eigenvalue weighted by atomic mass is 32.2. The number of aryl methyl sites for hydroxylation is 1. The lowest BCUT2D eigenvalue weighted by Gasteiger charge is -2.14. The molecular weight excluding hydrogens is 348 g/mol. The molecule has 1 aliphatic rings. The van der Waals surface area contributed by atoms with Gasteiger partial charge in [0.1, 0.15) is 0 Å². The first-order valence-electron chi connectivity index (χ1n) is 7.62. The molecule has 1 aromatic carbocycles. The maximum atomic E-state index is 12.1. The maximum absolute atomic E-state index is 12.1. The van der Waals surface area contributed by atoms with Crippen molar-refractivity contribution >= 4 is 39.1 Å². The second kappa shape index (κ2) is 7.57. The van der Waals surface area contributed by atoms with E-state index in [9.17, 15) is 18.0 Å². The van der Waals surface area contributed by atoms with Crippen molar-refractivity contribution in [2.45, 2.75) is 18.6 Å². The first-order valence-corrected chi connectivity index (χ1v) is 10.5. The van der Waals surface area contributed by atoms with E-state index in [4.69, 9.17) is 0 Å². The summed E-state index contributed by atoms with van der Waals surface area (Å²) in [6.45, 7) is 1.86. The van der Waals surface area contributed by atoms with Crippen molar-refractivity contribution in [1.29, 1.82) is 0 Å². The Kier molecular flexibility index (Phi) is 5.92. The standard InChI is InChI=1S/C16H22N2O4S2/c1-11-4-5-12(16(20)18(2)3)8-14(11)17-15(19)9-23-13-6-7-24(21,22)10-13/h4-5,8,13H,6-7,9-10H2,1-3H3,(H,17,19). The third kappa shape index (κ3) is 4.98. The summed E-state index contributed by atoms with van der Waals surface area (Å²) in [7, 11) is 0.420. The van der Waals surface area contributed by atoms with Crippen LogP contribution in [0.1, 0.15) is 22.3 Å². The number of hydrogen-bond donors (Lipinski definition) is 1. The Balaban J connectivity index is 1.96. The molecule has 8 heteroatoms. The molecule has 2 amide bonds. The zero-order valence-corrected chi connectivity index (χ0v) is 15.7. The maximum Gasteiger partial charge on any atom is 0.253 e. The minimum atomic E-state index is -2.93. The SMILES string of the molecule is Cc1ccc(C(=O)N(C)C)cc1NC(=O)CSC1CCS(=O)(=O)C1. The number of carbonyl (C=O) groups excluding carboxylic acids is 2. The highest BCUT2D eigenvalue weighted by Gasteiger charge is 2.28. The van der Waals surface area contributed by atoms with E-state index < -0.39 is 9.84 Å². The van der Waals surface area contributed by atoms with Gasteiger partial charge in [-0.15, -0.1) is 11.8 Å². The molecule has 1 atom stereocenters. The fraction of sp³-hybridized carbons (Fsp3) is 0.500. The van der Waals surface area contributed by atoms with Gasteiger partial charge >= 0.3 is 0 Å². The Bertz CT molecular complexity index is 744. The topological polar surface area (TPSA) is 83.6 Å². The molecule has 1 aliphatic heterocycles. The van der Waals surface area contributed by atoms with Gasteiger partial charge in [0.15, 0.2) is 9.84 Å². The number of nitrogens with one attached hydrogen (secondary N) is 1. The lowest BCUT2D eigenvalue weighted by atomic mass is 10.1. The van der Waals surface area contributed by atoms with E-state index in [1.807, 2.05) is 6.92 Å². The molecule has 0 radical (unpaired) electrons. The smallest absolute Gasteiger partial charge is 0.253 e. The Morgan fingerprint density at radius 1 is 1.33 bits per heavy atom. The van der Waals surface area contributed by atoms with Crippen LogP contribution in [0, 0.1) is 6.92 Å². The Morgan fingerprint density at radius 2 is 2.04 bits per heavy atom. The van der Waals surface area contributed by atoms with E-state index >= 15 is 0 Å². The average Bonchev–Trinajstić information content (AvgIpc) is 2.86. The van der Waals surface area contributed by atoms with Gasteiger partial charge in [-0.3, -0.25) is 9.59 Å². The molecule has 1 fully saturated rings. The summed E-state index contributed by atoms with van der Waals surface area (Å²) in [5, 5.41) is 2.80. The van der Waals surface area contributed by atoms with Crippen molar-refractivity contribution < 1.29 is 18.0 Å². The van der Waals surface area contributed by atoms with Crippen molar-refractivity contribution in [1.82, 2.24) is 4.90 Å². The van der Waals surface area contributed by atoms with Crippen LogP contribution in [-0.2, 0) is 14.6 Å². The van der Waals surface area contributed by atoms with E-state index in [0.717, 1.165) is 5.56 Å². The zero-order chi connectivity index (χ0) is 17.9. The monoisotopic (exact) mass is 370 g/mol. The number of amides is 2. The number of thioether (sulfide) groups is 1. The molecule has 6 nitrogen and oxygen atoms in total. The third-order valence-corrected chi connectivity index (χ3v) is 7.09. The fourth-order valence-corrected chi connectivity index (χ4v) is 5.86. The van der Waals surface area contributed by atoms with E-state index in [1.54, 1.807) is 32.3 Å². The highest BCUT2D eigenvalue weighted by Crippen LogP contribution is 2.25. The van der Waals surface area contributed by atoms with Crippen LogP contribution in [0.3, 0.4) is 0 Å². The Hall–Kier alpha value is -1.54.